The third-order valence-electron chi connectivity index (χ3n) is 3.50. The number of carbonyl (C=O) groups excluding carboxylic acids is 3. The maximum absolute atomic E-state index is 13.0. The molecule has 3 rings (SSSR count). The van der Waals surface area contributed by atoms with Crippen LogP contribution in [0, 0.1) is 5.82 Å². The van der Waals surface area contributed by atoms with Crippen molar-refractivity contribution in [2.75, 3.05) is 4.90 Å². The molecule has 1 aliphatic rings. The molecule has 25 heavy (non-hydrogen) atoms. The van der Waals surface area contributed by atoms with Crippen molar-refractivity contribution in [2.45, 2.75) is 0 Å². The predicted molar refractivity (Wildman–Crippen MR) is 85.2 cm³/mol. The zero-order chi connectivity index (χ0) is 18.1. The van der Waals surface area contributed by atoms with Gasteiger partial charge in [0.05, 0.1) is 5.69 Å². The van der Waals surface area contributed by atoms with Crippen LogP contribution < -0.4 is 10.2 Å². The van der Waals surface area contributed by atoms with Crippen LogP contribution in [0.5, 0.6) is 11.5 Å². The first-order valence-corrected chi connectivity index (χ1v) is 7.06. The highest BCUT2D eigenvalue weighted by atomic mass is 19.1. The van der Waals surface area contributed by atoms with Crippen molar-refractivity contribution in [3.8, 4) is 11.5 Å². The first-order chi connectivity index (χ1) is 11.9. The second-order valence-corrected chi connectivity index (χ2v) is 5.18. The molecule has 1 saturated heterocycles. The summed E-state index contributed by atoms with van der Waals surface area (Å²) in [5.41, 5.74) is 0.00655. The Labute approximate surface area is 140 Å². The number of carbonyl (C=O) groups is 3. The van der Waals surface area contributed by atoms with E-state index in [1.54, 1.807) is 0 Å². The Balaban J connectivity index is 2.01. The summed E-state index contributed by atoms with van der Waals surface area (Å²) in [6.07, 6.45) is 1.17. The van der Waals surface area contributed by atoms with Crippen molar-refractivity contribution in [3.05, 3.63) is 59.4 Å². The molecular weight excluding hydrogens is 331 g/mol. The van der Waals surface area contributed by atoms with Gasteiger partial charge in [-0.3, -0.25) is 14.9 Å². The van der Waals surface area contributed by atoms with E-state index in [1.165, 1.54) is 30.3 Å². The fourth-order valence-electron chi connectivity index (χ4n) is 2.28. The summed E-state index contributed by atoms with van der Waals surface area (Å²) in [5.74, 6) is -3.12. The van der Waals surface area contributed by atoms with Crippen LogP contribution in [0.4, 0.5) is 14.9 Å². The Morgan fingerprint density at radius 1 is 0.960 bits per heavy atom. The van der Waals surface area contributed by atoms with Gasteiger partial charge in [0.2, 0.25) is 0 Å². The summed E-state index contributed by atoms with van der Waals surface area (Å²) < 4.78 is 13.0. The van der Waals surface area contributed by atoms with Crippen LogP contribution in [-0.2, 0) is 9.59 Å². The lowest BCUT2D eigenvalue weighted by Crippen LogP contribution is -2.54. The molecule has 0 spiro atoms. The van der Waals surface area contributed by atoms with Crippen molar-refractivity contribution in [1.82, 2.24) is 5.32 Å². The second kappa shape index (κ2) is 6.08. The third-order valence-corrected chi connectivity index (χ3v) is 3.50. The maximum atomic E-state index is 13.0. The van der Waals surface area contributed by atoms with Gasteiger partial charge in [0.15, 0.2) is 11.5 Å². The number of hydrogen-bond acceptors (Lipinski definition) is 5. The average Bonchev–Trinajstić information content (AvgIpc) is 2.56. The number of nitrogens with one attached hydrogen (secondary N) is 1. The average molecular weight is 342 g/mol. The van der Waals surface area contributed by atoms with E-state index in [0.29, 0.717) is 4.90 Å². The number of anilines is 1. The number of barbiturate groups is 1. The van der Waals surface area contributed by atoms with Crippen molar-refractivity contribution >= 4 is 29.6 Å². The van der Waals surface area contributed by atoms with Gasteiger partial charge >= 0.3 is 6.03 Å². The highest BCUT2D eigenvalue weighted by Gasteiger charge is 2.36. The van der Waals surface area contributed by atoms with E-state index in [1.807, 2.05) is 5.32 Å². The van der Waals surface area contributed by atoms with Crippen LogP contribution in [0.1, 0.15) is 5.56 Å². The molecule has 8 heteroatoms. The van der Waals surface area contributed by atoms with Gasteiger partial charge in [-0.05, 0) is 48.0 Å². The largest absolute Gasteiger partial charge is 0.504 e. The number of hydrogen-bond donors (Lipinski definition) is 3. The van der Waals surface area contributed by atoms with Gasteiger partial charge in [-0.1, -0.05) is 6.07 Å². The Morgan fingerprint density at radius 3 is 2.28 bits per heavy atom. The maximum Gasteiger partial charge on any atom is 0.335 e. The minimum absolute atomic E-state index is 0.0934. The van der Waals surface area contributed by atoms with Crippen LogP contribution in [0.3, 0.4) is 0 Å². The molecule has 0 bridgehead atoms. The molecule has 0 saturated carbocycles. The lowest BCUT2D eigenvalue weighted by molar-refractivity contribution is -0.122. The summed E-state index contributed by atoms with van der Waals surface area (Å²) in [6, 6.07) is 7.38. The van der Waals surface area contributed by atoms with Gasteiger partial charge < -0.3 is 10.2 Å². The van der Waals surface area contributed by atoms with E-state index in [0.717, 1.165) is 18.2 Å². The molecule has 0 unspecified atom stereocenters. The fourth-order valence-corrected chi connectivity index (χ4v) is 2.28. The number of phenols is 2. The standard InChI is InChI=1S/C17H11FN2O5/c18-10-2-4-11(5-3-10)20-16(24)12(15(23)19-17(20)25)7-9-1-6-13(21)14(22)8-9/h1-8,21-22H,(H,19,23,25). The number of rotatable bonds is 2. The number of urea groups is 1. The molecule has 1 fully saturated rings. The molecule has 126 valence electrons. The second-order valence-electron chi connectivity index (χ2n) is 5.18. The summed E-state index contributed by atoms with van der Waals surface area (Å²) >= 11 is 0. The fraction of sp³-hybridized carbons (Fsp3) is 0. The normalized spacial score (nSPS) is 16.3. The molecule has 1 aliphatic heterocycles. The predicted octanol–water partition coefficient (Wildman–Crippen LogP) is 1.90. The van der Waals surface area contributed by atoms with Crippen molar-refractivity contribution in [2.24, 2.45) is 0 Å². The molecule has 7 nitrogen and oxygen atoms in total. The SMILES string of the molecule is O=C1NC(=O)N(c2ccc(F)cc2)C(=O)C1=Cc1ccc(O)c(O)c1. The molecule has 0 aliphatic carbocycles. The number of phenolic OH excluding ortho intramolecular Hbond substituents is 2. The summed E-state index contributed by atoms with van der Waals surface area (Å²) in [7, 11) is 0. The van der Waals surface area contributed by atoms with Crippen LogP contribution in [0.25, 0.3) is 6.08 Å². The Hall–Kier alpha value is -3.68. The van der Waals surface area contributed by atoms with Gasteiger partial charge in [-0.2, -0.15) is 0 Å². The molecule has 0 atom stereocenters. The van der Waals surface area contributed by atoms with Gasteiger partial charge in [0.1, 0.15) is 11.4 Å². The minimum Gasteiger partial charge on any atom is -0.504 e. The zero-order valence-corrected chi connectivity index (χ0v) is 12.6. The Bertz CT molecular complexity index is 921. The topological polar surface area (TPSA) is 107 Å². The van der Waals surface area contributed by atoms with E-state index in [4.69, 9.17) is 0 Å². The van der Waals surface area contributed by atoms with Crippen molar-refractivity contribution in [1.29, 1.82) is 0 Å². The lowest BCUT2D eigenvalue weighted by atomic mass is 10.1. The number of imide groups is 2. The number of benzene rings is 2. The Kier molecular flexibility index (Phi) is 3.94. The van der Waals surface area contributed by atoms with Crippen LogP contribution >= 0.6 is 0 Å². The van der Waals surface area contributed by atoms with Crippen molar-refractivity contribution < 1.29 is 29.0 Å². The first-order valence-electron chi connectivity index (χ1n) is 7.06. The van der Waals surface area contributed by atoms with E-state index >= 15 is 0 Å². The molecule has 2 aromatic rings. The summed E-state index contributed by atoms with van der Waals surface area (Å²) in [4.78, 5) is 37.2. The zero-order valence-electron chi connectivity index (χ0n) is 12.6. The quantitative estimate of drug-likeness (QED) is 0.439. The monoisotopic (exact) mass is 342 g/mol. The number of nitrogens with zero attached hydrogens (tertiary/aromatic N) is 1. The smallest absolute Gasteiger partial charge is 0.335 e. The molecule has 1 heterocycles. The number of amides is 4. The van der Waals surface area contributed by atoms with Crippen molar-refractivity contribution in [3.63, 3.8) is 0 Å². The molecular formula is C17H11FN2O5. The summed E-state index contributed by atoms with van der Waals surface area (Å²) in [5, 5.41) is 20.8. The van der Waals surface area contributed by atoms with Crippen LogP contribution in [0.2, 0.25) is 0 Å². The molecule has 3 N–H and O–H groups in total. The highest BCUT2D eigenvalue weighted by Crippen LogP contribution is 2.27. The third kappa shape index (κ3) is 3.05. The lowest BCUT2D eigenvalue weighted by Gasteiger charge is -2.26. The van der Waals surface area contributed by atoms with Gasteiger partial charge in [0, 0.05) is 0 Å². The molecule has 4 amide bonds. The molecule has 0 radical (unpaired) electrons. The first kappa shape index (κ1) is 16.2. The molecule has 0 aromatic heterocycles. The van der Waals surface area contributed by atoms with E-state index in [2.05, 4.69) is 0 Å². The van der Waals surface area contributed by atoms with E-state index < -0.39 is 29.4 Å². The number of halogens is 1. The highest BCUT2D eigenvalue weighted by molar-refractivity contribution is 6.39. The Morgan fingerprint density at radius 2 is 1.64 bits per heavy atom. The molecule has 2 aromatic carbocycles. The summed E-state index contributed by atoms with van der Waals surface area (Å²) in [6.45, 7) is 0. The van der Waals surface area contributed by atoms with Gasteiger partial charge in [0.25, 0.3) is 11.8 Å². The minimum atomic E-state index is -0.952. The van der Waals surface area contributed by atoms with Crippen LogP contribution in [0.15, 0.2) is 48.0 Å². The number of aromatic hydroxyl groups is 2. The van der Waals surface area contributed by atoms with E-state index in [-0.39, 0.29) is 22.6 Å². The van der Waals surface area contributed by atoms with Gasteiger partial charge in [-0.25, -0.2) is 14.1 Å². The van der Waals surface area contributed by atoms with Gasteiger partial charge in [-0.15, -0.1) is 0 Å². The van der Waals surface area contributed by atoms with E-state index in [9.17, 15) is 29.0 Å². The van der Waals surface area contributed by atoms with Crippen LogP contribution in [-0.4, -0.2) is 28.1 Å².